The van der Waals surface area contributed by atoms with Crippen molar-refractivity contribution in [2.45, 2.75) is 31.8 Å². The van der Waals surface area contributed by atoms with Crippen molar-refractivity contribution in [1.29, 1.82) is 0 Å². The molecule has 1 amide bonds. The maximum atomic E-state index is 11.6. The Kier molecular flexibility index (Phi) is 4.09. The summed E-state index contributed by atoms with van der Waals surface area (Å²) in [5.41, 5.74) is 4.19. The normalized spacial score (nSPS) is 17.5. The Labute approximate surface area is 146 Å². The lowest BCUT2D eigenvalue weighted by molar-refractivity contribution is -0.123. The lowest BCUT2D eigenvalue weighted by Gasteiger charge is -2.24. The molecule has 1 unspecified atom stereocenters. The number of carbonyl (C=O) groups is 1. The van der Waals surface area contributed by atoms with Crippen molar-refractivity contribution in [3.05, 3.63) is 53.9 Å². The first-order chi connectivity index (χ1) is 12.2. The van der Waals surface area contributed by atoms with Gasteiger partial charge in [-0.15, -0.1) is 0 Å². The molecule has 1 aromatic carbocycles. The number of piperidine rings is 1. The van der Waals surface area contributed by atoms with Crippen molar-refractivity contribution in [3.8, 4) is 0 Å². The monoisotopic (exact) mass is 335 g/mol. The van der Waals surface area contributed by atoms with Crippen LogP contribution in [0.4, 0.5) is 5.69 Å². The van der Waals surface area contributed by atoms with Gasteiger partial charge in [0.2, 0.25) is 5.91 Å². The standard InChI is InChI=1S/C19H21N5O/c1-24-19-15(12-22-24)8-13(11-21-19)10-20-16-5-2-4-14(9-16)17-6-3-7-18(25)23-17/h2,4-5,8-9,11-12,17,20H,3,6-7,10H2,1H3,(H,23,25). The van der Waals surface area contributed by atoms with E-state index in [0.29, 0.717) is 13.0 Å². The van der Waals surface area contributed by atoms with E-state index in [0.717, 1.165) is 40.7 Å². The van der Waals surface area contributed by atoms with E-state index in [1.807, 2.05) is 31.6 Å². The Bertz CT molecular complexity index is 917. The van der Waals surface area contributed by atoms with Gasteiger partial charge in [0.15, 0.2) is 5.65 Å². The summed E-state index contributed by atoms with van der Waals surface area (Å²) in [6.45, 7) is 0.693. The molecule has 1 atom stereocenters. The molecule has 25 heavy (non-hydrogen) atoms. The SMILES string of the molecule is Cn1ncc2cc(CNc3cccc(C4CCCC(=O)N4)c3)cnc21. The molecule has 0 spiro atoms. The zero-order valence-corrected chi connectivity index (χ0v) is 14.2. The van der Waals surface area contributed by atoms with Gasteiger partial charge < -0.3 is 10.6 Å². The summed E-state index contributed by atoms with van der Waals surface area (Å²) in [4.78, 5) is 16.1. The van der Waals surface area contributed by atoms with Crippen molar-refractivity contribution < 1.29 is 4.79 Å². The molecule has 3 aromatic rings. The van der Waals surface area contributed by atoms with Crippen LogP contribution in [0, 0.1) is 0 Å². The first kappa shape index (κ1) is 15.6. The number of hydrogen-bond acceptors (Lipinski definition) is 4. The van der Waals surface area contributed by atoms with Crippen LogP contribution in [-0.2, 0) is 18.4 Å². The fourth-order valence-corrected chi connectivity index (χ4v) is 3.31. The summed E-state index contributed by atoms with van der Waals surface area (Å²) in [6, 6.07) is 10.5. The average molecular weight is 335 g/mol. The molecule has 1 fully saturated rings. The lowest BCUT2D eigenvalue weighted by Crippen LogP contribution is -2.32. The highest BCUT2D eigenvalue weighted by Gasteiger charge is 2.19. The minimum atomic E-state index is 0.122. The molecule has 1 aliphatic heterocycles. The third kappa shape index (κ3) is 3.33. The van der Waals surface area contributed by atoms with Crippen LogP contribution in [0.3, 0.4) is 0 Å². The smallest absolute Gasteiger partial charge is 0.220 e. The number of rotatable bonds is 4. The molecule has 0 aliphatic carbocycles. The third-order valence-corrected chi connectivity index (χ3v) is 4.65. The van der Waals surface area contributed by atoms with Crippen LogP contribution in [0.2, 0.25) is 0 Å². The summed E-state index contributed by atoms with van der Waals surface area (Å²) >= 11 is 0. The molecular formula is C19H21N5O. The molecule has 0 saturated carbocycles. The Morgan fingerprint density at radius 3 is 3.12 bits per heavy atom. The maximum Gasteiger partial charge on any atom is 0.220 e. The predicted octanol–water partition coefficient (Wildman–Crippen LogP) is 2.92. The van der Waals surface area contributed by atoms with E-state index in [2.05, 4.69) is 38.9 Å². The van der Waals surface area contributed by atoms with E-state index in [4.69, 9.17) is 0 Å². The number of aryl methyl sites for hydroxylation is 1. The molecule has 1 saturated heterocycles. The topological polar surface area (TPSA) is 71.8 Å². The minimum Gasteiger partial charge on any atom is -0.381 e. The van der Waals surface area contributed by atoms with Crippen LogP contribution in [0.5, 0.6) is 0 Å². The lowest BCUT2D eigenvalue weighted by atomic mass is 9.97. The molecular weight excluding hydrogens is 314 g/mol. The third-order valence-electron chi connectivity index (χ3n) is 4.65. The van der Waals surface area contributed by atoms with Crippen LogP contribution < -0.4 is 10.6 Å². The number of anilines is 1. The van der Waals surface area contributed by atoms with Gasteiger partial charge in [-0.2, -0.15) is 5.10 Å². The van der Waals surface area contributed by atoms with E-state index < -0.39 is 0 Å². The molecule has 6 nitrogen and oxygen atoms in total. The zero-order valence-electron chi connectivity index (χ0n) is 14.2. The fourth-order valence-electron chi connectivity index (χ4n) is 3.31. The van der Waals surface area contributed by atoms with Crippen molar-refractivity contribution in [2.24, 2.45) is 7.05 Å². The van der Waals surface area contributed by atoms with E-state index in [9.17, 15) is 4.79 Å². The van der Waals surface area contributed by atoms with Gasteiger partial charge >= 0.3 is 0 Å². The Balaban J connectivity index is 1.46. The maximum absolute atomic E-state index is 11.6. The Morgan fingerprint density at radius 1 is 1.32 bits per heavy atom. The van der Waals surface area contributed by atoms with E-state index >= 15 is 0 Å². The second-order valence-corrected chi connectivity index (χ2v) is 6.52. The van der Waals surface area contributed by atoms with Crippen LogP contribution >= 0.6 is 0 Å². The van der Waals surface area contributed by atoms with Gasteiger partial charge in [0.05, 0.1) is 12.2 Å². The zero-order chi connectivity index (χ0) is 17.2. The highest BCUT2D eigenvalue weighted by molar-refractivity contribution is 5.77. The van der Waals surface area contributed by atoms with Gasteiger partial charge in [0, 0.05) is 37.3 Å². The van der Waals surface area contributed by atoms with Crippen molar-refractivity contribution in [3.63, 3.8) is 0 Å². The summed E-state index contributed by atoms with van der Waals surface area (Å²) in [5, 5.41) is 11.8. The van der Waals surface area contributed by atoms with E-state index in [-0.39, 0.29) is 11.9 Å². The van der Waals surface area contributed by atoms with Crippen molar-refractivity contribution in [1.82, 2.24) is 20.1 Å². The van der Waals surface area contributed by atoms with Crippen molar-refractivity contribution in [2.75, 3.05) is 5.32 Å². The van der Waals surface area contributed by atoms with Crippen LogP contribution in [0.25, 0.3) is 11.0 Å². The van der Waals surface area contributed by atoms with Crippen molar-refractivity contribution >= 4 is 22.6 Å². The summed E-state index contributed by atoms with van der Waals surface area (Å²) in [5.74, 6) is 0.144. The highest BCUT2D eigenvalue weighted by Crippen LogP contribution is 2.25. The van der Waals surface area contributed by atoms with Gasteiger partial charge in [-0.3, -0.25) is 9.48 Å². The van der Waals surface area contributed by atoms with Gasteiger partial charge in [-0.25, -0.2) is 4.98 Å². The molecule has 4 rings (SSSR count). The van der Waals surface area contributed by atoms with Crippen LogP contribution in [0.15, 0.2) is 42.7 Å². The van der Waals surface area contributed by atoms with Gasteiger partial charge in [-0.1, -0.05) is 12.1 Å². The largest absolute Gasteiger partial charge is 0.381 e. The Morgan fingerprint density at radius 2 is 2.24 bits per heavy atom. The predicted molar refractivity (Wildman–Crippen MR) is 97.0 cm³/mol. The number of nitrogens with zero attached hydrogens (tertiary/aromatic N) is 3. The fraction of sp³-hybridized carbons (Fsp3) is 0.316. The molecule has 2 aromatic heterocycles. The second kappa shape index (κ2) is 6.55. The number of benzene rings is 1. The van der Waals surface area contributed by atoms with Crippen LogP contribution in [0.1, 0.15) is 36.4 Å². The molecule has 1 aliphatic rings. The number of fused-ring (bicyclic) bond motifs is 1. The number of pyridine rings is 1. The molecule has 0 bridgehead atoms. The van der Waals surface area contributed by atoms with Gasteiger partial charge in [0.1, 0.15) is 0 Å². The van der Waals surface area contributed by atoms with E-state index in [1.165, 1.54) is 0 Å². The quantitative estimate of drug-likeness (QED) is 0.769. The summed E-state index contributed by atoms with van der Waals surface area (Å²) < 4.78 is 1.77. The number of amides is 1. The molecule has 2 N–H and O–H groups in total. The number of hydrogen-bond donors (Lipinski definition) is 2. The first-order valence-electron chi connectivity index (χ1n) is 8.59. The van der Waals surface area contributed by atoms with Crippen LogP contribution in [-0.4, -0.2) is 20.7 Å². The average Bonchev–Trinajstić information content (AvgIpc) is 3.01. The van der Waals surface area contributed by atoms with E-state index in [1.54, 1.807) is 4.68 Å². The van der Waals surface area contributed by atoms with Gasteiger partial charge in [-0.05, 0) is 42.2 Å². The molecule has 6 heteroatoms. The Hall–Kier alpha value is -2.89. The summed E-state index contributed by atoms with van der Waals surface area (Å²) in [7, 11) is 1.89. The number of aromatic nitrogens is 3. The summed E-state index contributed by atoms with van der Waals surface area (Å²) in [6.07, 6.45) is 6.29. The number of carbonyl (C=O) groups excluding carboxylic acids is 1. The molecule has 3 heterocycles. The second-order valence-electron chi connectivity index (χ2n) is 6.52. The number of nitrogens with one attached hydrogen (secondary N) is 2. The first-order valence-corrected chi connectivity index (χ1v) is 8.59. The minimum absolute atomic E-state index is 0.122. The molecule has 0 radical (unpaired) electrons. The molecule has 128 valence electrons. The van der Waals surface area contributed by atoms with Gasteiger partial charge in [0.25, 0.3) is 0 Å². The highest BCUT2D eigenvalue weighted by atomic mass is 16.1.